The Kier molecular flexibility index (Phi) is 5.27. The smallest absolute Gasteiger partial charge is 0.0859 e. The highest BCUT2D eigenvalue weighted by molar-refractivity contribution is 9.11. The molecule has 0 saturated heterocycles. The van der Waals surface area contributed by atoms with Crippen molar-refractivity contribution in [2.24, 2.45) is 0 Å². The maximum atomic E-state index is 11.9. The molecule has 1 aromatic heterocycles. The van der Waals surface area contributed by atoms with Crippen LogP contribution in [-0.4, -0.2) is 16.7 Å². The van der Waals surface area contributed by atoms with Crippen LogP contribution < -0.4 is 5.11 Å². The van der Waals surface area contributed by atoms with Crippen LogP contribution in [0.3, 0.4) is 0 Å². The molecule has 0 radical (unpaired) electrons. The number of carboxylic acids is 1. The molecule has 6 heteroatoms. The summed E-state index contributed by atoms with van der Waals surface area (Å²) in [6.07, 6.45) is 0. The average Bonchev–Trinajstić information content (AvgIpc) is 2.55. The van der Waals surface area contributed by atoms with E-state index in [2.05, 4.69) is 31.9 Å². The lowest BCUT2D eigenvalue weighted by Crippen LogP contribution is -2.24. The third kappa shape index (κ3) is 3.23. The van der Waals surface area contributed by atoms with Crippen molar-refractivity contribution < 1.29 is 9.90 Å². The fourth-order valence-corrected chi connectivity index (χ4v) is 4.79. The summed E-state index contributed by atoms with van der Waals surface area (Å²) in [5.74, 6) is -0.455. The van der Waals surface area contributed by atoms with Gasteiger partial charge in [0.25, 0.3) is 0 Å². The molecular weight excluding hydrogens is 454 g/mol. The zero-order valence-corrected chi connectivity index (χ0v) is 16.7. The van der Waals surface area contributed by atoms with Gasteiger partial charge in [-0.25, -0.2) is 4.98 Å². The molecular formula is C18H12Br2NO2S-. The number of pyridine rings is 1. The summed E-state index contributed by atoms with van der Waals surface area (Å²) in [6, 6.07) is 13.2. The van der Waals surface area contributed by atoms with E-state index < -0.39 is 5.97 Å². The number of hydrogen-bond donors (Lipinski definition) is 0. The summed E-state index contributed by atoms with van der Waals surface area (Å²) < 4.78 is 1.52. The van der Waals surface area contributed by atoms with E-state index in [-0.39, 0.29) is 5.56 Å². The molecule has 1 heterocycles. The van der Waals surface area contributed by atoms with E-state index >= 15 is 0 Å². The van der Waals surface area contributed by atoms with E-state index in [1.54, 1.807) is 6.07 Å². The van der Waals surface area contributed by atoms with E-state index in [1.165, 1.54) is 11.8 Å². The van der Waals surface area contributed by atoms with Gasteiger partial charge in [-0.1, -0.05) is 53.2 Å². The second-order valence-corrected chi connectivity index (χ2v) is 8.08. The first-order valence-corrected chi connectivity index (χ1v) is 9.82. The molecule has 0 aliphatic carbocycles. The molecule has 0 atom stereocenters. The van der Waals surface area contributed by atoms with Gasteiger partial charge in [-0.05, 0) is 33.8 Å². The fourth-order valence-electron chi connectivity index (χ4n) is 2.55. The predicted molar refractivity (Wildman–Crippen MR) is 103 cm³/mol. The highest BCUT2D eigenvalue weighted by Gasteiger charge is 2.19. The number of carboxylic acid groups (broad SMARTS) is 1. The number of carbonyl (C=O) groups excluding carboxylic acids is 1. The molecule has 0 fully saturated rings. The summed E-state index contributed by atoms with van der Waals surface area (Å²) in [5, 5.41) is 12.5. The van der Waals surface area contributed by atoms with Crippen LogP contribution in [-0.2, 0) is 0 Å². The van der Waals surface area contributed by atoms with Gasteiger partial charge in [0.1, 0.15) is 0 Å². The number of hydrogen-bond acceptors (Lipinski definition) is 4. The van der Waals surface area contributed by atoms with E-state index in [1.807, 2.05) is 43.3 Å². The van der Waals surface area contributed by atoms with Crippen LogP contribution in [0.25, 0.3) is 22.2 Å². The molecule has 2 aromatic carbocycles. The van der Waals surface area contributed by atoms with Gasteiger partial charge in [-0.15, -0.1) is 11.8 Å². The first-order valence-electron chi connectivity index (χ1n) is 7.25. The van der Waals surface area contributed by atoms with Crippen molar-refractivity contribution in [2.45, 2.75) is 11.8 Å². The Morgan fingerprint density at radius 2 is 1.92 bits per heavy atom. The van der Waals surface area contributed by atoms with Crippen molar-refractivity contribution in [3.05, 3.63) is 57.0 Å². The zero-order chi connectivity index (χ0) is 17.3. The standard InChI is InChI=1S/C18H13Br2NO2S/c1-2-24-17-14(18(22)23)12-8-11(19)9-13(20)16(12)21-15(17)10-6-4-3-5-7-10/h3-9H,2H2,1H3,(H,22,23)/p-1. The normalized spacial score (nSPS) is 11.0. The Bertz CT molecular complexity index is 929. The van der Waals surface area contributed by atoms with Crippen molar-refractivity contribution in [1.29, 1.82) is 0 Å². The molecule has 3 rings (SSSR count). The Hall–Kier alpha value is -1.37. The van der Waals surface area contributed by atoms with Crippen LogP contribution in [0.15, 0.2) is 56.3 Å². The minimum Gasteiger partial charge on any atom is -0.545 e. The molecule has 3 nitrogen and oxygen atoms in total. The molecule has 0 N–H and O–H groups in total. The van der Waals surface area contributed by atoms with Crippen molar-refractivity contribution in [1.82, 2.24) is 4.98 Å². The van der Waals surface area contributed by atoms with Gasteiger partial charge in [-0.3, -0.25) is 0 Å². The lowest BCUT2D eigenvalue weighted by molar-refractivity contribution is -0.255. The quantitative estimate of drug-likeness (QED) is 0.514. The Morgan fingerprint density at radius 1 is 1.21 bits per heavy atom. The first-order chi connectivity index (χ1) is 11.5. The number of nitrogens with zero attached hydrogens (tertiary/aromatic N) is 1. The summed E-state index contributed by atoms with van der Waals surface area (Å²) in [7, 11) is 0. The fraction of sp³-hybridized carbons (Fsp3) is 0.111. The number of aromatic carboxylic acids is 1. The van der Waals surface area contributed by atoms with Crippen LogP contribution in [0.4, 0.5) is 0 Å². The minimum atomic E-state index is -1.19. The largest absolute Gasteiger partial charge is 0.545 e. The van der Waals surface area contributed by atoms with Crippen LogP contribution in [0.1, 0.15) is 17.3 Å². The van der Waals surface area contributed by atoms with Gasteiger partial charge >= 0.3 is 0 Å². The highest BCUT2D eigenvalue weighted by atomic mass is 79.9. The number of thioether (sulfide) groups is 1. The van der Waals surface area contributed by atoms with Gasteiger partial charge in [0.15, 0.2) is 0 Å². The average molecular weight is 466 g/mol. The number of benzene rings is 2. The molecule has 0 aliphatic heterocycles. The summed E-state index contributed by atoms with van der Waals surface area (Å²) in [4.78, 5) is 17.3. The Morgan fingerprint density at radius 3 is 2.54 bits per heavy atom. The third-order valence-corrected chi connectivity index (χ3v) is 5.54. The van der Waals surface area contributed by atoms with Crippen LogP contribution in [0.2, 0.25) is 0 Å². The first kappa shape index (κ1) is 17.5. The Balaban J connectivity index is 2.47. The molecule has 0 amide bonds. The summed E-state index contributed by atoms with van der Waals surface area (Å²) >= 11 is 8.37. The van der Waals surface area contributed by atoms with E-state index in [9.17, 15) is 9.90 Å². The number of carbonyl (C=O) groups is 1. The topological polar surface area (TPSA) is 53.0 Å². The van der Waals surface area contributed by atoms with Crippen LogP contribution in [0.5, 0.6) is 0 Å². The molecule has 0 aliphatic rings. The van der Waals surface area contributed by atoms with E-state index in [0.29, 0.717) is 21.5 Å². The second kappa shape index (κ2) is 7.25. The van der Waals surface area contributed by atoms with Crippen LogP contribution in [0, 0.1) is 0 Å². The van der Waals surface area contributed by atoms with Gasteiger partial charge in [-0.2, -0.15) is 0 Å². The third-order valence-electron chi connectivity index (χ3n) is 3.50. The summed E-state index contributed by atoms with van der Waals surface area (Å²) in [6.45, 7) is 1.99. The molecule has 122 valence electrons. The number of halogens is 2. The van der Waals surface area contributed by atoms with Gasteiger partial charge in [0, 0.05) is 30.4 Å². The number of rotatable bonds is 4. The molecule has 0 saturated carbocycles. The molecule has 3 aromatic rings. The SMILES string of the molecule is CCSc1c(-c2ccccc2)nc2c(Br)cc(Br)cc2c1C(=O)[O-]. The zero-order valence-electron chi connectivity index (χ0n) is 12.7. The van der Waals surface area contributed by atoms with E-state index in [0.717, 1.165) is 20.3 Å². The summed E-state index contributed by atoms with van der Waals surface area (Å²) in [5.41, 5.74) is 2.34. The maximum Gasteiger partial charge on any atom is 0.0859 e. The van der Waals surface area contributed by atoms with Crippen molar-refractivity contribution in [3.63, 3.8) is 0 Å². The lowest BCUT2D eigenvalue weighted by atomic mass is 10.0. The minimum absolute atomic E-state index is 0.188. The highest BCUT2D eigenvalue weighted by Crippen LogP contribution is 2.39. The number of aromatic nitrogens is 1. The second-order valence-electron chi connectivity index (χ2n) is 5.03. The van der Waals surface area contributed by atoms with Crippen molar-refractivity contribution in [2.75, 3.05) is 5.75 Å². The van der Waals surface area contributed by atoms with Gasteiger partial charge in [0.2, 0.25) is 0 Å². The van der Waals surface area contributed by atoms with Crippen molar-refractivity contribution in [3.8, 4) is 11.3 Å². The van der Waals surface area contributed by atoms with Crippen LogP contribution >= 0.6 is 43.6 Å². The maximum absolute atomic E-state index is 11.9. The predicted octanol–water partition coefficient (Wildman–Crippen LogP) is 4.90. The van der Waals surface area contributed by atoms with Gasteiger partial charge < -0.3 is 9.90 Å². The molecule has 0 bridgehead atoms. The van der Waals surface area contributed by atoms with Gasteiger partial charge in [0.05, 0.1) is 17.2 Å². The number of fused-ring (bicyclic) bond motifs is 1. The molecule has 0 spiro atoms. The Labute approximate surface area is 160 Å². The molecule has 0 unspecified atom stereocenters. The van der Waals surface area contributed by atoms with Crippen molar-refractivity contribution >= 4 is 60.5 Å². The lowest BCUT2D eigenvalue weighted by Gasteiger charge is -2.18. The molecule has 24 heavy (non-hydrogen) atoms. The monoisotopic (exact) mass is 464 g/mol. The van der Waals surface area contributed by atoms with E-state index in [4.69, 9.17) is 4.98 Å².